The molecule has 1 fully saturated rings. The summed E-state index contributed by atoms with van der Waals surface area (Å²) in [6.45, 7) is 0. The van der Waals surface area contributed by atoms with Gasteiger partial charge in [0.05, 0.1) is 17.9 Å². The molecule has 15 heavy (non-hydrogen) atoms. The molecule has 82 valence electrons. The molecule has 0 amide bonds. The van der Waals surface area contributed by atoms with E-state index < -0.39 is 9.84 Å². The average molecular weight is 230 g/mol. The zero-order chi connectivity index (χ0) is 10.9. The first kappa shape index (κ1) is 10.3. The second kappa shape index (κ2) is 3.73. The molecule has 0 bridgehead atoms. The summed E-state index contributed by atoms with van der Waals surface area (Å²) in [4.78, 5) is 14.2. The van der Waals surface area contributed by atoms with Crippen molar-refractivity contribution in [1.29, 1.82) is 0 Å². The molecular weight excluding hydrogens is 220 g/mol. The lowest BCUT2D eigenvalue weighted by Gasteiger charge is -1.97. The minimum Gasteiger partial charge on any atom is -0.339 e. The number of hydrogen-bond donors (Lipinski definition) is 0. The summed E-state index contributed by atoms with van der Waals surface area (Å²) >= 11 is 0. The Kier molecular flexibility index (Phi) is 2.56. The third kappa shape index (κ3) is 2.23. The maximum absolute atomic E-state index is 11.2. The molecule has 0 N–H and O–H groups in total. The van der Waals surface area contributed by atoms with E-state index in [-0.39, 0.29) is 29.7 Å². The first-order valence-electron chi connectivity index (χ1n) is 4.57. The highest BCUT2D eigenvalue weighted by molar-refractivity contribution is 7.91. The van der Waals surface area contributed by atoms with E-state index in [1.807, 2.05) is 0 Å². The normalized spacial score (nSPS) is 24.1. The lowest BCUT2D eigenvalue weighted by atomic mass is 10.1. The second-order valence-corrected chi connectivity index (χ2v) is 5.75. The Labute approximate surface area is 86.6 Å². The first-order chi connectivity index (χ1) is 7.11. The quantitative estimate of drug-likeness (QED) is 0.663. The minimum absolute atomic E-state index is 0.0759. The van der Waals surface area contributed by atoms with Gasteiger partial charge in [0.1, 0.15) is 6.29 Å². The smallest absolute Gasteiger partial charge is 0.233 e. The molecule has 2 rings (SSSR count). The molecule has 6 nitrogen and oxygen atoms in total. The molecule has 0 saturated carbocycles. The Bertz CT molecular complexity index is 465. The zero-order valence-corrected chi connectivity index (χ0v) is 8.74. The number of rotatable bonds is 3. The summed E-state index contributed by atoms with van der Waals surface area (Å²) in [6.07, 6.45) is 1.28. The SMILES string of the molecule is O=CCc1nc(C2CCS(=O)(=O)C2)no1. The fourth-order valence-electron chi connectivity index (χ4n) is 1.59. The van der Waals surface area contributed by atoms with Gasteiger partial charge in [0.2, 0.25) is 5.89 Å². The number of carbonyl (C=O) groups excluding carboxylic acids is 1. The minimum atomic E-state index is -2.94. The van der Waals surface area contributed by atoms with E-state index in [4.69, 9.17) is 4.52 Å². The number of aromatic nitrogens is 2. The molecule has 7 heteroatoms. The number of aldehydes is 1. The molecule has 0 spiro atoms. The van der Waals surface area contributed by atoms with Crippen molar-refractivity contribution in [3.8, 4) is 0 Å². The molecule has 1 aliphatic heterocycles. The third-order valence-electron chi connectivity index (χ3n) is 2.34. The van der Waals surface area contributed by atoms with Gasteiger partial charge in [0, 0.05) is 5.92 Å². The van der Waals surface area contributed by atoms with Crippen LogP contribution in [0.5, 0.6) is 0 Å². The number of carbonyl (C=O) groups is 1. The van der Waals surface area contributed by atoms with Crippen LogP contribution < -0.4 is 0 Å². The highest BCUT2D eigenvalue weighted by atomic mass is 32.2. The van der Waals surface area contributed by atoms with Crippen LogP contribution in [0.25, 0.3) is 0 Å². The summed E-state index contributed by atoms with van der Waals surface area (Å²) in [5, 5.41) is 3.67. The summed E-state index contributed by atoms with van der Waals surface area (Å²) in [6, 6.07) is 0. The molecule has 0 radical (unpaired) electrons. The second-order valence-electron chi connectivity index (χ2n) is 3.52. The Morgan fingerprint density at radius 1 is 1.53 bits per heavy atom. The summed E-state index contributed by atoms with van der Waals surface area (Å²) in [5.74, 6) is 0.707. The van der Waals surface area contributed by atoms with Crippen LogP contribution in [-0.2, 0) is 21.1 Å². The third-order valence-corrected chi connectivity index (χ3v) is 4.11. The molecule has 0 aliphatic carbocycles. The van der Waals surface area contributed by atoms with Crippen LogP contribution in [0, 0.1) is 0 Å². The zero-order valence-electron chi connectivity index (χ0n) is 7.92. The van der Waals surface area contributed by atoms with Gasteiger partial charge in [-0.05, 0) is 6.42 Å². The van der Waals surface area contributed by atoms with Gasteiger partial charge in [-0.2, -0.15) is 4.98 Å². The van der Waals surface area contributed by atoms with Crippen LogP contribution >= 0.6 is 0 Å². The summed E-state index contributed by atoms with van der Waals surface area (Å²) in [5.41, 5.74) is 0. The molecule has 1 aliphatic rings. The van der Waals surface area contributed by atoms with E-state index in [1.165, 1.54) is 0 Å². The Hall–Kier alpha value is -1.24. The van der Waals surface area contributed by atoms with Crippen molar-refractivity contribution >= 4 is 16.1 Å². The Morgan fingerprint density at radius 2 is 2.33 bits per heavy atom. The fourth-order valence-corrected chi connectivity index (χ4v) is 3.33. The maximum atomic E-state index is 11.2. The van der Waals surface area contributed by atoms with Crippen molar-refractivity contribution in [2.75, 3.05) is 11.5 Å². The van der Waals surface area contributed by atoms with Gasteiger partial charge in [0.25, 0.3) is 0 Å². The largest absolute Gasteiger partial charge is 0.339 e. The monoisotopic (exact) mass is 230 g/mol. The lowest BCUT2D eigenvalue weighted by molar-refractivity contribution is -0.107. The molecule has 2 heterocycles. The molecule has 1 aromatic heterocycles. The number of hydrogen-bond acceptors (Lipinski definition) is 6. The van der Waals surface area contributed by atoms with E-state index in [9.17, 15) is 13.2 Å². The molecule has 1 atom stereocenters. The molecule has 1 saturated heterocycles. The van der Waals surface area contributed by atoms with Gasteiger partial charge in [0.15, 0.2) is 15.7 Å². The number of sulfone groups is 1. The average Bonchev–Trinajstić information content (AvgIpc) is 2.73. The highest BCUT2D eigenvalue weighted by Gasteiger charge is 2.32. The molecule has 1 aromatic rings. The van der Waals surface area contributed by atoms with Crippen molar-refractivity contribution in [3.63, 3.8) is 0 Å². The van der Waals surface area contributed by atoms with Gasteiger partial charge in [-0.1, -0.05) is 5.16 Å². The van der Waals surface area contributed by atoms with E-state index in [0.717, 1.165) is 0 Å². The van der Waals surface area contributed by atoms with Gasteiger partial charge < -0.3 is 9.32 Å². The van der Waals surface area contributed by atoms with Crippen molar-refractivity contribution in [1.82, 2.24) is 10.1 Å². The van der Waals surface area contributed by atoms with Crippen molar-refractivity contribution in [3.05, 3.63) is 11.7 Å². The standard InChI is InChI=1S/C8H10N2O4S/c11-3-1-7-9-8(10-14-7)6-2-4-15(12,13)5-6/h3,6H,1-2,4-5H2. The Morgan fingerprint density at radius 3 is 2.93 bits per heavy atom. The molecule has 1 unspecified atom stereocenters. The van der Waals surface area contributed by atoms with E-state index in [2.05, 4.69) is 10.1 Å². The van der Waals surface area contributed by atoms with Crippen LogP contribution in [-0.4, -0.2) is 36.4 Å². The van der Waals surface area contributed by atoms with Gasteiger partial charge in [-0.25, -0.2) is 8.42 Å². The predicted molar refractivity (Wildman–Crippen MR) is 50.1 cm³/mol. The van der Waals surface area contributed by atoms with Crippen LogP contribution in [0.1, 0.15) is 24.1 Å². The summed E-state index contributed by atoms with van der Waals surface area (Å²) < 4.78 is 27.2. The van der Waals surface area contributed by atoms with Crippen molar-refractivity contribution in [2.24, 2.45) is 0 Å². The molecular formula is C8H10N2O4S. The van der Waals surface area contributed by atoms with Gasteiger partial charge >= 0.3 is 0 Å². The fraction of sp³-hybridized carbons (Fsp3) is 0.625. The van der Waals surface area contributed by atoms with Gasteiger partial charge in [-0.3, -0.25) is 0 Å². The van der Waals surface area contributed by atoms with Crippen molar-refractivity contribution in [2.45, 2.75) is 18.8 Å². The van der Waals surface area contributed by atoms with Crippen LogP contribution in [0.4, 0.5) is 0 Å². The van der Waals surface area contributed by atoms with E-state index in [0.29, 0.717) is 18.5 Å². The Balaban J connectivity index is 2.13. The van der Waals surface area contributed by atoms with E-state index in [1.54, 1.807) is 0 Å². The predicted octanol–water partition coefficient (Wildman–Crippen LogP) is -0.287. The lowest BCUT2D eigenvalue weighted by Crippen LogP contribution is -2.05. The van der Waals surface area contributed by atoms with Crippen molar-refractivity contribution < 1.29 is 17.7 Å². The first-order valence-corrected chi connectivity index (χ1v) is 6.39. The topological polar surface area (TPSA) is 90.1 Å². The number of nitrogens with zero attached hydrogens (tertiary/aromatic N) is 2. The van der Waals surface area contributed by atoms with E-state index >= 15 is 0 Å². The summed E-state index contributed by atoms with van der Waals surface area (Å²) in [7, 11) is -2.94. The molecule has 0 aromatic carbocycles. The van der Waals surface area contributed by atoms with Crippen LogP contribution in [0.2, 0.25) is 0 Å². The van der Waals surface area contributed by atoms with Crippen LogP contribution in [0.3, 0.4) is 0 Å². The van der Waals surface area contributed by atoms with Crippen LogP contribution in [0.15, 0.2) is 4.52 Å². The highest BCUT2D eigenvalue weighted by Crippen LogP contribution is 2.26. The van der Waals surface area contributed by atoms with Gasteiger partial charge in [-0.15, -0.1) is 0 Å². The maximum Gasteiger partial charge on any atom is 0.233 e.